The van der Waals surface area contributed by atoms with Crippen molar-refractivity contribution in [2.24, 2.45) is 0 Å². The van der Waals surface area contributed by atoms with Gasteiger partial charge in [0.15, 0.2) is 0 Å². The molecule has 0 bridgehead atoms. The number of rotatable bonds is 3. The average Bonchev–Trinajstić information content (AvgIpc) is 2.67. The molecule has 2 aromatic rings. The van der Waals surface area contributed by atoms with E-state index < -0.39 is 0 Å². The molecule has 0 unspecified atom stereocenters. The van der Waals surface area contributed by atoms with Gasteiger partial charge in [-0.3, -0.25) is 0 Å². The van der Waals surface area contributed by atoms with Gasteiger partial charge in [-0.2, -0.15) is 5.26 Å². The summed E-state index contributed by atoms with van der Waals surface area (Å²) in [6, 6.07) is 6.96. The fourth-order valence-corrected chi connectivity index (χ4v) is 1.75. The van der Waals surface area contributed by atoms with Gasteiger partial charge in [-0.1, -0.05) is 16.8 Å². The van der Waals surface area contributed by atoms with E-state index in [-0.39, 0.29) is 0 Å². The Bertz CT molecular complexity index is 594. The van der Waals surface area contributed by atoms with E-state index in [9.17, 15) is 0 Å². The van der Waals surface area contributed by atoms with E-state index in [1.807, 2.05) is 19.9 Å². The molecule has 0 amide bonds. The highest BCUT2D eigenvalue weighted by atomic mass is 35.5. The fourth-order valence-electron chi connectivity index (χ4n) is 1.54. The van der Waals surface area contributed by atoms with Gasteiger partial charge < -0.3 is 9.26 Å². The molecule has 0 aliphatic rings. The van der Waals surface area contributed by atoms with Crippen LogP contribution in [-0.4, -0.2) is 5.16 Å². The van der Waals surface area contributed by atoms with E-state index in [4.69, 9.17) is 26.1 Å². The minimum absolute atomic E-state index is 0.364. The summed E-state index contributed by atoms with van der Waals surface area (Å²) < 4.78 is 10.6. The Morgan fingerprint density at radius 1 is 1.44 bits per heavy atom. The van der Waals surface area contributed by atoms with E-state index in [1.165, 1.54) is 0 Å². The first-order chi connectivity index (χ1) is 8.61. The summed E-state index contributed by atoms with van der Waals surface area (Å²) >= 11 is 5.92. The van der Waals surface area contributed by atoms with Crippen LogP contribution in [0.2, 0.25) is 5.02 Å². The zero-order valence-corrected chi connectivity index (χ0v) is 10.8. The number of aromatic nitrogens is 1. The molecule has 5 heteroatoms. The Labute approximate surface area is 110 Å². The average molecular weight is 263 g/mol. The van der Waals surface area contributed by atoms with Gasteiger partial charge >= 0.3 is 0 Å². The summed E-state index contributed by atoms with van der Waals surface area (Å²) in [6.45, 7) is 4.06. The summed E-state index contributed by atoms with van der Waals surface area (Å²) in [5.41, 5.74) is 2.17. The lowest BCUT2D eigenvalue weighted by atomic mass is 10.2. The molecule has 0 aliphatic heterocycles. The maximum atomic E-state index is 8.77. The lowest BCUT2D eigenvalue weighted by Gasteiger charge is -2.06. The van der Waals surface area contributed by atoms with Crippen molar-refractivity contribution in [2.45, 2.75) is 20.5 Å². The minimum Gasteiger partial charge on any atom is -0.489 e. The number of nitrogens with zero attached hydrogens (tertiary/aromatic N) is 2. The molecule has 0 aliphatic carbocycles. The van der Waals surface area contributed by atoms with Crippen LogP contribution < -0.4 is 4.74 Å². The molecule has 18 heavy (non-hydrogen) atoms. The van der Waals surface area contributed by atoms with E-state index in [0.717, 1.165) is 17.0 Å². The van der Waals surface area contributed by atoms with Crippen LogP contribution in [0.4, 0.5) is 0 Å². The molecule has 1 aromatic heterocycles. The molecule has 0 radical (unpaired) electrons. The van der Waals surface area contributed by atoms with Crippen LogP contribution in [0.5, 0.6) is 5.75 Å². The number of benzene rings is 1. The summed E-state index contributed by atoms with van der Waals surface area (Å²) in [5, 5.41) is 13.0. The third-order valence-corrected chi connectivity index (χ3v) is 2.94. The highest BCUT2D eigenvalue weighted by Gasteiger charge is 2.10. The highest BCUT2D eigenvalue weighted by Crippen LogP contribution is 2.23. The van der Waals surface area contributed by atoms with Crippen molar-refractivity contribution in [1.82, 2.24) is 5.16 Å². The number of aryl methyl sites for hydroxylation is 2. The maximum Gasteiger partial charge on any atom is 0.140 e. The molecular formula is C13H11ClN2O2. The smallest absolute Gasteiger partial charge is 0.140 e. The molecular weight excluding hydrogens is 252 g/mol. The molecule has 0 saturated carbocycles. The van der Waals surface area contributed by atoms with Gasteiger partial charge in [-0.15, -0.1) is 0 Å². The monoisotopic (exact) mass is 262 g/mol. The van der Waals surface area contributed by atoms with Crippen molar-refractivity contribution in [1.29, 1.82) is 5.26 Å². The van der Waals surface area contributed by atoms with Gasteiger partial charge in [-0.25, -0.2) is 0 Å². The molecule has 1 heterocycles. The van der Waals surface area contributed by atoms with Crippen molar-refractivity contribution < 1.29 is 9.26 Å². The van der Waals surface area contributed by atoms with Crippen LogP contribution >= 0.6 is 11.6 Å². The van der Waals surface area contributed by atoms with Crippen molar-refractivity contribution in [3.63, 3.8) is 0 Å². The number of hydrogen-bond acceptors (Lipinski definition) is 4. The molecule has 0 saturated heterocycles. The first-order valence-corrected chi connectivity index (χ1v) is 5.74. The second-order valence-corrected chi connectivity index (χ2v) is 4.25. The highest BCUT2D eigenvalue weighted by molar-refractivity contribution is 6.31. The van der Waals surface area contributed by atoms with Gasteiger partial charge in [0.25, 0.3) is 0 Å². The SMILES string of the molecule is Cc1noc(C)c1COc1ccc(C#N)c(Cl)c1. The molecule has 92 valence electrons. The lowest BCUT2D eigenvalue weighted by Crippen LogP contribution is -1.98. The summed E-state index contributed by atoms with van der Waals surface area (Å²) in [5.74, 6) is 1.35. The van der Waals surface area contributed by atoms with Crippen molar-refractivity contribution in [3.8, 4) is 11.8 Å². The molecule has 4 nitrogen and oxygen atoms in total. The molecule has 2 rings (SSSR count). The van der Waals surface area contributed by atoms with Gasteiger partial charge in [0.2, 0.25) is 0 Å². The Kier molecular flexibility index (Phi) is 3.54. The van der Waals surface area contributed by atoms with E-state index in [1.54, 1.807) is 18.2 Å². The summed E-state index contributed by atoms with van der Waals surface area (Å²) in [6.07, 6.45) is 0. The van der Waals surface area contributed by atoms with Crippen LogP contribution in [0.1, 0.15) is 22.6 Å². The zero-order chi connectivity index (χ0) is 13.1. The quantitative estimate of drug-likeness (QED) is 0.851. The second-order valence-electron chi connectivity index (χ2n) is 3.84. The third kappa shape index (κ3) is 2.47. The van der Waals surface area contributed by atoms with Gasteiger partial charge in [-0.05, 0) is 26.0 Å². The van der Waals surface area contributed by atoms with E-state index in [0.29, 0.717) is 22.9 Å². The Hall–Kier alpha value is -1.99. The van der Waals surface area contributed by atoms with Crippen molar-refractivity contribution in [3.05, 3.63) is 45.8 Å². The second kappa shape index (κ2) is 5.11. The predicted molar refractivity (Wildman–Crippen MR) is 66.5 cm³/mol. The van der Waals surface area contributed by atoms with Gasteiger partial charge in [0.1, 0.15) is 24.2 Å². The molecule has 0 spiro atoms. The number of nitriles is 1. The van der Waals surface area contributed by atoms with Crippen molar-refractivity contribution >= 4 is 11.6 Å². The summed E-state index contributed by atoms with van der Waals surface area (Å²) in [4.78, 5) is 0. The topological polar surface area (TPSA) is 59.1 Å². The van der Waals surface area contributed by atoms with Gasteiger partial charge in [0, 0.05) is 6.07 Å². The van der Waals surface area contributed by atoms with Crippen LogP contribution in [-0.2, 0) is 6.61 Å². The largest absolute Gasteiger partial charge is 0.489 e. The van der Waals surface area contributed by atoms with Crippen molar-refractivity contribution in [2.75, 3.05) is 0 Å². The van der Waals surface area contributed by atoms with Gasteiger partial charge in [0.05, 0.1) is 21.8 Å². The number of hydrogen-bond donors (Lipinski definition) is 0. The third-order valence-electron chi connectivity index (χ3n) is 2.63. The Balaban J connectivity index is 2.12. The zero-order valence-electron chi connectivity index (χ0n) is 10.0. The van der Waals surface area contributed by atoms with Crippen LogP contribution in [0.3, 0.4) is 0 Å². The van der Waals surface area contributed by atoms with Crippen LogP contribution in [0, 0.1) is 25.2 Å². The first-order valence-electron chi connectivity index (χ1n) is 5.36. The van der Waals surface area contributed by atoms with Crippen LogP contribution in [0.25, 0.3) is 0 Å². The fraction of sp³-hybridized carbons (Fsp3) is 0.231. The van der Waals surface area contributed by atoms with E-state index in [2.05, 4.69) is 5.16 Å². The molecule has 0 atom stereocenters. The van der Waals surface area contributed by atoms with Crippen LogP contribution in [0.15, 0.2) is 22.7 Å². The maximum absolute atomic E-state index is 8.77. The minimum atomic E-state index is 0.364. The molecule has 0 fully saturated rings. The predicted octanol–water partition coefficient (Wildman–Crippen LogP) is 3.40. The lowest BCUT2D eigenvalue weighted by molar-refractivity contribution is 0.301. The Morgan fingerprint density at radius 3 is 2.78 bits per heavy atom. The van der Waals surface area contributed by atoms with E-state index >= 15 is 0 Å². The Morgan fingerprint density at radius 2 is 2.22 bits per heavy atom. The normalized spacial score (nSPS) is 10.1. The number of ether oxygens (including phenoxy) is 1. The standard InChI is InChI=1S/C13H11ClN2O2/c1-8-12(9(2)18-16-8)7-17-11-4-3-10(6-15)13(14)5-11/h3-5H,7H2,1-2H3. The molecule has 1 aromatic carbocycles. The first kappa shape index (κ1) is 12.5. The number of halogens is 1. The summed E-state index contributed by atoms with van der Waals surface area (Å²) in [7, 11) is 0. The molecule has 0 N–H and O–H groups in total.